The van der Waals surface area contributed by atoms with E-state index in [2.05, 4.69) is 145 Å². The molecule has 1 aliphatic heterocycles. The van der Waals surface area contributed by atoms with Crippen molar-refractivity contribution in [3.63, 3.8) is 0 Å². The Labute approximate surface area is 854 Å². The van der Waals surface area contributed by atoms with Gasteiger partial charge >= 0.3 is 0 Å². The van der Waals surface area contributed by atoms with E-state index < -0.39 is 5.82 Å². The average Bonchev–Trinajstić information content (AvgIpc) is 1.36. The van der Waals surface area contributed by atoms with E-state index >= 15 is 0 Å². The Hall–Kier alpha value is -16.6. The number of nitrogens with zero attached hydrogens (tertiary/aromatic N) is 19. The van der Waals surface area contributed by atoms with E-state index in [1.807, 2.05) is 233 Å². The van der Waals surface area contributed by atoms with Gasteiger partial charge in [-0.15, -0.1) is 0 Å². The number of aromatic amines is 6. The zero-order chi connectivity index (χ0) is 101. The Morgan fingerprint density at radius 2 is 0.804 bits per heavy atom. The van der Waals surface area contributed by atoms with E-state index in [0.29, 0.717) is 153 Å². The monoisotopic (exact) mass is 2010 g/mol. The molecule has 1 saturated heterocycles. The number of H-pyrrole nitrogens is 6. The molecule has 1 aliphatic rings. The maximum Gasteiger partial charge on any atom is 0.191 e. The normalized spacial score (nSPS) is 11.8. The Bertz CT molecular complexity index is 7700. The van der Waals surface area contributed by atoms with Crippen LogP contribution in [0.1, 0.15) is 123 Å². The standard InChI is InChI=1S/C23H23ClN6.C23H17ClN4O.C22H22ClN5O.C21H14Cl2N6.C19H14ClFN4O/c1-29-9-11-30(12-10-29)20-7-5-17(6-8-20)16-26-23-21(15-25)22(27-28-23)14-18-3-2-4-19(24)13-18;1-15-5-7-17(8-6-15)22-10-9-19(29-22)14-26-23-20(13-25)21(27-28-23)12-16-3-2-4-18(24)11-16;1-14-20(28(2)3)10-16(11-21(14)29-4)13-25-22-18(12-24)19(26-27-22)9-15-6-5-7-17(23)8-15;22-15-8-4-5-13(9-15)10-17-16(11-24)21(29-28-17)25-12-18-19(23)27-20(26-18)14-6-2-1-3-7-14;1-26-18-6-5-13(8-16(18)21)11-23-19-15(10-22)17(24-25-19)9-12-3-2-4-14(20)7-12/h2-8,13,16H,9-12,14H2,1H3,(H,27,28);2-11,14H,12H2,1H3,(H,27,28);5-8,10-11,13H,9H2,1-4H3,(H,26,27);1-9,12H,10H2,(H,26,27)(H,28,29);2-8,11H,9H2,1H3,(H,24,25). The minimum absolute atomic E-state index is 0.156. The molecule has 0 bridgehead atoms. The van der Waals surface area contributed by atoms with Crippen molar-refractivity contribution in [1.29, 1.82) is 26.3 Å². The van der Waals surface area contributed by atoms with Gasteiger partial charge < -0.3 is 33.6 Å². The van der Waals surface area contributed by atoms with E-state index in [1.165, 1.54) is 42.9 Å². The fourth-order valence-electron chi connectivity index (χ4n) is 15.0. The molecular weight excluding hydrogens is 1930 g/mol. The number of furan rings is 1. The first kappa shape index (κ1) is 102. The minimum atomic E-state index is -0.486. The third-order valence-electron chi connectivity index (χ3n) is 22.3. The third-order valence-corrected chi connectivity index (χ3v) is 23.8. The SMILES string of the molecule is CN1CCN(c2ccc(C=Nc3n[nH]c(Cc4cccc(Cl)c4)c3C#N)cc2)CC1.COc1cc(C=Nc2n[nH]c(Cc3cccc(Cl)c3)c2C#N)cc(N(C)C)c1C.COc1ccc(C=Nc2n[nH]c(Cc3cccc(Cl)c3)c2C#N)cc1F.Cc1ccc(-c2ccc(C=Nc3n[nH]c(Cc4cccc(Cl)c4)c3C#N)o2)cc1.N#Cc1c(N=Cc2nc(-c3ccccc3)[nH]c2Cl)n[nH]c1Cc1cccc(Cl)c1. The molecule has 714 valence electrons. The number of rotatable bonds is 26. The molecule has 0 unspecified atom stereocenters. The summed E-state index contributed by atoms with van der Waals surface area (Å²) >= 11 is 36.4. The van der Waals surface area contributed by atoms with Crippen molar-refractivity contribution in [3.8, 4) is 64.6 Å². The van der Waals surface area contributed by atoms with Crippen LogP contribution in [-0.2, 0) is 32.1 Å². The lowest BCUT2D eigenvalue weighted by Crippen LogP contribution is -2.44. The number of imidazole rings is 1. The highest BCUT2D eigenvalue weighted by molar-refractivity contribution is 6.32. The second kappa shape index (κ2) is 49.8. The molecule has 17 aromatic rings. The molecule has 10 aromatic carbocycles. The lowest BCUT2D eigenvalue weighted by atomic mass is 10.1. The minimum Gasteiger partial charge on any atom is -0.496 e. The number of hydrogen-bond acceptors (Lipinski definition) is 22. The first-order valence-corrected chi connectivity index (χ1v) is 46.7. The number of ether oxygens (including phenoxy) is 2. The Morgan fingerprint density at radius 3 is 1.20 bits per heavy atom. The average molecular weight is 2020 g/mol. The van der Waals surface area contributed by atoms with E-state index in [1.54, 1.807) is 44.0 Å². The van der Waals surface area contributed by atoms with Crippen LogP contribution in [0.5, 0.6) is 11.5 Å². The number of methoxy groups -OCH3 is 2. The lowest BCUT2D eigenvalue weighted by Gasteiger charge is -2.34. The number of nitrogens with one attached hydrogen (secondary N) is 6. The number of piperazine rings is 1. The van der Waals surface area contributed by atoms with Gasteiger partial charge in [-0.05, 0) is 181 Å². The number of benzene rings is 10. The van der Waals surface area contributed by atoms with Crippen molar-refractivity contribution in [2.75, 3.05) is 71.3 Å². The molecule has 35 heteroatoms. The largest absolute Gasteiger partial charge is 0.496 e. The van der Waals surface area contributed by atoms with Crippen LogP contribution in [0, 0.1) is 76.3 Å². The number of aliphatic imine (C=N–C) groups is 5. The van der Waals surface area contributed by atoms with Gasteiger partial charge in [0.15, 0.2) is 40.7 Å². The number of anilines is 2. The molecule has 6 N–H and O–H groups in total. The first-order chi connectivity index (χ1) is 69.4. The highest BCUT2D eigenvalue weighted by Crippen LogP contribution is 2.34. The first-order valence-electron chi connectivity index (χ1n) is 44.4. The Kier molecular flexibility index (Phi) is 35.6. The number of halogens is 7. The number of likely N-dealkylation sites (N-methyl/N-ethyl adjacent to an activating group) is 1. The van der Waals surface area contributed by atoms with Gasteiger partial charge in [0.1, 0.15) is 92.1 Å². The molecule has 28 nitrogen and oxygen atoms in total. The molecule has 0 radical (unpaired) electrons. The van der Waals surface area contributed by atoms with Crippen molar-refractivity contribution in [2.45, 2.75) is 46.0 Å². The topological polar surface area (TPSA) is 394 Å². The molecule has 0 atom stereocenters. The second-order valence-electron chi connectivity index (χ2n) is 32.6. The van der Waals surface area contributed by atoms with E-state index in [9.17, 15) is 30.7 Å². The molecule has 0 saturated carbocycles. The van der Waals surface area contributed by atoms with Crippen molar-refractivity contribution < 1.29 is 18.3 Å². The Morgan fingerprint density at radius 1 is 0.413 bits per heavy atom. The molecule has 143 heavy (non-hydrogen) atoms. The van der Waals surface area contributed by atoms with Crippen LogP contribution in [0.2, 0.25) is 30.3 Å². The number of aromatic nitrogens is 12. The van der Waals surface area contributed by atoms with E-state index in [4.69, 9.17) is 83.5 Å². The Balaban J connectivity index is 0.000000142. The van der Waals surface area contributed by atoms with Gasteiger partial charge in [0.05, 0.1) is 55.1 Å². The maximum absolute atomic E-state index is 13.7. The molecule has 0 amide bonds. The smallest absolute Gasteiger partial charge is 0.191 e. The highest BCUT2D eigenvalue weighted by Gasteiger charge is 2.22. The molecule has 18 rings (SSSR count). The zero-order valence-corrected chi connectivity index (χ0v) is 82.7. The summed E-state index contributed by atoms with van der Waals surface area (Å²) in [6.45, 7) is 8.30. The predicted molar refractivity (Wildman–Crippen MR) is 563 cm³/mol. The molecule has 1 fully saturated rings. The van der Waals surface area contributed by atoms with Crippen LogP contribution in [0.4, 0.5) is 44.9 Å². The number of aryl methyl sites for hydroxylation is 1. The maximum atomic E-state index is 13.7. The fourth-order valence-corrected chi connectivity index (χ4v) is 16.2. The van der Waals surface area contributed by atoms with Gasteiger partial charge in [-0.1, -0.05) is 203 Å². The van der Waals surface area contributed by atoms with Crippen LogP contribution in [0.15, 0.2) is 272 Å². The second-order valence-corrected chi connectivity index (χ2v) is 35.2. The van der Waals surface area contributed by atoms with Gasteiger partial charge in [0, 0.05) is 144 Å². The zero-order valence-electron chi connectivity index (χ0n) is 78.2. The molecule has 0 aliphatic carbocycles. The third kappa shape index (κ3) is 27.9. The van der Waals surface area contributed by atoms with Gasteiger partial charge in [-0.3, -0.25) is 25.5 Å². The summed E-state index contributed by atoms with van der Waals surface area (Å²) in [4.78, 5) is 36.0. The van der Waals surface area contributed by atoms with Gasteiger partial charge in [0.2, 0.25) is 0 Å². The van der Waals surface area contributed by atoms with Crippen molar-refractivity contribution in [1.82, 2.24) is 65.9 Å². The summed E-state index contributed by atoms with van der Waals surface area (Å²) in [7, 11) is 9.16. The molecule has 0 spiro atoms. The van der Waals surface area contributed by atoms with Gasteiger partial charge in [0.25, 0.3) is 0 Å². The summed E-state index contributed by atoms with van der Waals surface area (Å²) in [6, 6.07) is 86.5. The van der Waals surface area contributed by atoms with Gasteiger partial charge in [-0.25, -0.2) is 34.3 Å². The van der Waals surface area contributed by atoms with Crippen molar-refractivity contribution in [3.05, 3.63) is 402 Å². The molecular formula is C108H90Cl6FN25O3. The summed E-state index contributed by atoms with van der Waals surface area (Å²) in [5.41, 5.74) is 19.6. The summed E-state index contributed by atoms with van der Waals surface area (Å²) in [6.07, 6.45) is 10.5. The fraction of sp³-hybridized carbons (Fsp3) is 0.148. The summed E-state index contributed by atoms with van der Waals surface area (Å²) in [5.74, 6) is 4.06. The van der Waals surface area contributed by atoms with E-state index in [-0.39, 0.29) is 17.4 Å². The van der Waals surface area contributed by atoms with Gasteiger partial charge in [-0.2, -0.15) is 51.8 Å². The van der Waals surface area contributed by atoms with Crippen LogP contribution < -0.4 is 19.3 Å². The van der Waals surface area contributed by atoms with Crippen LogP contribution >= 0.6 is 69.6 Å². The van der Waals surface area contributed by atoms with E-state index in [0.717, 1.165) is 105 Å². The van der Waals surface area contributed by atoms with Crippen LogP contribution in [-0.4, -0.2) is 158 Å². The molecule has 7 aromatic heterocycles. The van der Waals surface area contributed by atoms with Crippen LogP contribution in [0.3, 0.4) is 0 Å². The molecule has 8 heterocycles. The summed E-state index contributed by atoms with van der Waals surface area (Å²) < 4.78 is 29.9. The van der Waals surface area contributed by atoms with Crippen molar-refractivity contribution in [2.24, 2.45) is 25.0 Å². The van der Waals surface area contributed by atoms with Crippen LogP contribution in [0.25, 0.3) is 22.7 Å². The van der Waals surface area contributed by atoms with Crippen molar-refractivity contribution >= 4 is 141 Å². The highest BCUT2D eigenvalue weighted by atomic mass is 35.5. The number of nitriles is 5. The predicted octanol–water partition coefficient (Wildman–Crippen LogP) is 24.3. The lowest BCUT2D eigenvalue weighted by molar-refractivity contribution is 0.313. The quantitative estimate of drug-likeness (QED) is 0.0274. The number of hydrogen-bond donors (Lipinski definition) is 6. The summed E-state index contributed by atoms with van der Waals surface area (Å²) in [5, 5.41) is 86.8.